The number of hydrogen-bond acceptors (Lipinski definition) is 7. The number of hydrogen-bond donors (Lipinski definition) is 0. The van der Waals surface area contributed by atoms with E-state index < -0.39 is 0 Å². The van der Waals surface area contributed by atoms with Gasteiger partial charge in [-0.25, -0.2) is 9.67 Å². The summed E-state index contributed by atoms with van der Waals surface area (Å²) >= 11 is 1.47. The molecule has 2 aromatic heterocycles. The number of thiazole rings is 1. The fraction of sp³-hybridized carbons (Fsp3) is 0.125. The van der Waals surface area contributed by atoms with Crippen LogP contribution in [0.2, 0.25) is 0 Å². The molecule has 0 fully saturated rings. The molecule has 0 spiro atoms. The molecule has 0 radical (unpaired) electrons. The van der Waals surface area contributed by atoms with Gasteiger partial charge in [0.05, 0.1) is 29.6 Å². The number of anilines is 1. The molecule has 0 saturated heterocycles. The first-order valence-electron chi connectivity index (χ1n) is 10.3. The third-order valence-electron chi connectivity index (χ3n) is 5.28. The van der Waals surface area contributed by atoms with Crippen LogP contribution in [0.15, 0.2) is 73.1 Å². The zero-order chi connectivity index (χ0) is 22.8. The Kier molecular flexibility index (Phi) is 5.54. The molecule has 0 unspecified atom stereocenters. The molecular weight excluding hydrogens is 436 g/mol. The molecule has 0 bridgehead atoms. The molecule has 0 aliphatic heterocycles. The summed E-state index contributed by atoms with van der Waals surface area (Å²) in [6, 6.07) is 21.1. The number of ether oxygens (including phenoxy) is 1. The molecule has 0 aliphatic carbocycles. The Labute approximate surface area is 194 Å². The van der Waals surface area contributed by atoms with Crippen LogP contribution in [0, 0.1) is 6.92 Å². The molecule has 0 aliphatic rings. The second-order valence-electron chi connectivity index (χ2n) is 7.46. The van der Waals surface area contributed by atoms with E-state index in [0.29, 0.717) is 17.2 Å². The van der Waals surface area contributed by atoms with Crippen molar-refractivity contribution < 1.29 is 9.53 Å². The number of methoxy groups -OCH3 is 1. The maximum atomic E-state index is 13.7. The molecule has 3 aromatic carbocycles. The maximum Gasteiger partial charge on any atom is 0.260 e. The highest BCUT2D eigenvalue weighted by atomic mass is 32.1. The summed E-state index contributed by atoms with van der Waals surface area (Å²) < 4.78 is 7.88. The van der Waals surface area contributed by atoms with Crippen LogP contribution in [0.4, 0.5) is 5.13 Å². The number of nitrogens with zero attached hydrogens (tertiary/aromatic N) is 6. The lowest BCUT2D eigenvalue weighted by Crippen LogP contribution is -2.30. The summed E-state index contributed by atoms with van der Waals surface area (Å²) in [6.07, 6.45) is 1.53. The molecule has 0 atom stereocenters. The van der Waals surface area contributed by atoms with Gasteiger partial charge in [-0.15, -0.1) is 5.10 Å². The summed E-state index contributed by atoms with van der Waals surface area (Å²) in [6.45, 7) is 2.34. The molecule has 5 aromatic rings. The Bertz CT molecular complexity index is 1420. The SMILES string of the molecule is COc1ccc2nc(N(Cc3ccccc3)C(=O)c3ccc(-n4cnnn4)c(C)c3)sc2c1. The predicted octanol–water partition coefficient (Wildman–Crippen LogP) is 4.44. The van der Waals surface area contributed by atoms with Crippen molar-refractivity contribution in [1.29, 1.82) is 0 Å². The summed E-state index contributed by atoms with van der Waals surface area (Å²) in [4.78, 5) is 20.2. The van der Waals surface area contributed by atoms with Crippen LogP contribution in [0.5, 0.6) is 5.75 Å². The molecule has 2 heterocycles. The number of carbonyl (C=O) groups is 1. The van der Waals surface area contributed by atoms with E-state index in [1.165, 1.54) is 17.7 Å². The van der Waals surface area contributed by atoms with E-state index in [1.807, 2.05) is 67.6 Å². The first-order valence-corrected chi connectivity index (χ1v) is 11.1. The van der Waals surface area contributed by atoms with Gasteiger partial charge in [-0.1, -0.05) is 41.7 Å². The zero-order valence-electron chi connectivity index (χ0n) is 18.0. The van der Waals surface area contributed by atoms with Gasteiger partial charge in [0.1, 0.15) is 12.1 Å². The number of aryl methyl sites for hydroxylation is 1. The van der Waals surface area contributed by atoms with E-state index >= 15 is 0 Å². The number of amides is 1. The highest BCUT2D eigenvalue weighted by Gasteiger charge is 2.23. The minimum Gasteiger partial charge on any atom is -0.497 e. The lowest BCUT2D eigenvalue weighted by atomic mass is 10.1. The van der Waals surface area contributed by atoms with Gasteiger partial charge in [-0.05, 0) is 64.9 Å². The van der Waals surface area contributed by atoms with Crippen molar-refractivity contribution in [3.8, 4) is 11.4 Å². The lowest BCUT2D eigenvalue weighted by Gasteiger charge is -2.20. The number of benzene rings is 3. The Balaban J connectivity index is 1.54. The Hall–Kier alpha value is -4.11. The summed E-state index contributed by atoms with van der Waals surface area (Å²) in [5.41, 5.74) is 4.12. The first kappa shape index (κ1) is 20.8. The highest BCUT2D eigenvalue weighted by molar-refractivity contribution is 7.22. The monoisotopic (exact) mass is 456 g/mol. The van der Waals surface area contributed by atoms with E-state index in [4.69, 9.17) is 9.72 Å². The summed E-state index contributed by atoms with van der Waals surface area (Å²) in [5, 5.41) is 11.9. The van der Waals surface area contributed by atoms with Crippen molar-refractivity contribution in [2.24, 2.45) is 0 Å². The quantitative estimate of drug-likeness (QED) is 0.376. The molecule has 0 saturated carbocycles. The minimum absolute atomic E-state index is 0.128. The van der Waals surface area contributed by atoms with Crippen molar-refractivity contribution in [1.82, 2.24) is 25.2 Å². The topological polar surface area (TPSA) is 86.0 Å². The lowest BCUT2D eigenvalue weighted by molar-refractivity contribution is 0.0985. The zero-order valence-corrected chi connectivity index (χ0v) is 18.9. The van der Waals surface area contributed by atoms with Crippen LogP contribution in [0.25, 0.3) is 15.9 Å². The number of fused-ring (bicyclic) bond motifs is 1. The van der Waals surface area contributed by atoms with Gasteiger partial charge in [-0.2, -0.15) is 0 Å². The van der Waals surface area contributed by atoms with Gasteiger partial charge < -0.3 is 4.74 Å². The third kappa shape index (κ3) is 4.18. The fourth-order valence-electron chi connectivity index (χ4n) is 3.60. The van der Waals surface area contributed by atoms with Gasteiger partial charge in [0.2, 0.25) is 0 Å². The number of carbonyl (C=O) groups excluding carboxylic acids is 1. The normalized spacial score (nSPS) is 11.0. The molecule has 0 N–H and O–H groups in total. The van der Waals surface area contributed by atoms with E-state index in [9.17, 15) is 4.79 Å². The molecule has 1 amide bonds. The van der Waals surface area contributed by atoms with Crippen molar-refractivity contribution in [2.45, 2.75) is 13.5 Å². The van der Waals surface area contributed by atoms with Gasteiger partial charge in [0.25, 0.3) is 5.91 Å². The van der Waals surface area contributed by atoms with Crippen molar-refractivity contribution in [3.05, 3.63) is 89.7 Å². The van der Waals surface area contributed by atoms with E-state index in [1.54, 1.807) is 22.8 Å². The van der Waals surface area contributed by atoms with Crippen molar-refractivity contribution in [3.63, 3.8) is 0 Å². The van der Waals surface area contributed by atoms with Crippen LogP contribution in [-0.4, -0.2) is 38.2 Å². The van der Waals surface area contributed by atoms with Gasteiger partial charge in [-0.3, -0.25) is 9.69 Å². The Morgan fingerprint density at radius 2 is 1.94 bits per heavy atom. The second kappa shape index (κ2) is 8.79. The average Bonchev–Trinajstić information content (AvgIpc) is 3.52. The molecule has 8 nitrogen and oxygen atoms in total. The van der Waals surface area contributed by atoms with Gasteiger partial charge in [0, 0.05) is 5.56 Å². The Morgan fingerprint density at radius 1 is 1.09 bits per heavy atom. The standard InChI is InChI=1S/C24H20N6O2S/c1-16-12-18(8-11-21(16)30-15-25-27-28-30)23(31)29(14-17-6-4-3-5-7-17)24-26-20-10-9-19(32-2)13-22(20)33-24/h3-13,15H,14H2,1-2H3. The Morgan fingerprint density at radius 3 is 2.67 bits per heavy atom. The first-order chi connectivity index (χ1) is 16.1. The fourth-order valence-corrected chi connectivity index (χ4v) is 4.59. The molecule has 164 valence electrons. The van der Waals surface area contributed by atoms with Crippen LogP contribution in [-0.2, 0) is 6.54 Å². The van der Waals surface area contributed by atoms with Gasteiger partial charge in [0.15, 0.2) is 5.13 Å². The number of tetrazole rings is 1. The molecule has 33 heavy (non-hydrogen) atoms. The molecular formula is C24H20N6O2S. The van der Waals surface area contributed by atoms with E-state index in [0.717, 1.165) is 32.8 Å². The van der Waals surface area contributed by atoms with Crippen LogP contribution < -0.4 is 9.64 Å². The molecule has 9 heteroatoms. The predicted molar refractivity (Wildman–Crippen MR) is 127 cm³/mol. The highest BCUT2D eigenvalue weighted by Crippen LogP contribution is 2.33. The van der Waals surface area contributed by atoms with Crippen molar-refractivity contribution >= 4 is 32.6 Å². The largest absolute Gasteiger partial charge is 0.497 e. The van der Waals surface area contributed by atoms with Crippen LogP contribution >= 0.6 is 11.3 Å². The second-order valence-corrected chi connectivity index (χ2v) is 8.47. The maximum absolute atomic E-state index is 13.7. The molecule has 5 rings (SSSR count). The average molecular weight is 457 g/mol. The minimum atomic E-state index is -0.128. The summed E-state index contributed by atoms with van der Waals surface area (Å²) in [7, 11) is 1.63. The van der Waals surface area contributed by atoms with E-state index in [-0.39, 0.29) is 5.91 Å². The van der Waals surface area contributed by atoms with E-state index in [2.05, 4.69) is 15.5 Å². The summed E-state index contributed by atoms with van der Waals surface area (Å²) in [5.74, 6) is 0.628. The van der Waals surface area contributed by atoms with Crippen molar-refractivity contribution in [2.75, 3.05) is 12.0 Å². The smallest absolute Gasteiger partial charge is 0.260 e. The number of aromatic nitrogens is 5. The number of rotatable bonds is 6. The van der Waals surface area contributed by atoms with Crippen LogP contribution in [0.1, 0.15) is 21.5 Å². The third-order valence-corrected chi connectivity index (χ3v) is 6.32. The van der Waals surface area contributed by atoms with Gasteiger partial charge >= 0.3 is 0 Å². The van der Waals surface area contributed by atoms with Crippen LogP contribution in [0.3, 0.4) is 0 Å².